The lowest BCUT2D eigenvalue weighted by atomic mass is 9.86. The van der Waals surface area contributed by atoms with E-state index >= 15 is 0 Å². The van der Waals surface area contributed by atoms with Crippen molar-refractivity contribution in [3.8, 4) is 0 Å². The van der Waals surface area contributed by atoms with Crippen molar-refractivity contribution in [2.24, 2.45) is 11.8 Å². The van der Waals surface area contributed by atoms with Gasteiger partial charge >= 0.3 is 0 Å². The van der Waals surface area contributed by atoms with Crippen LogP contribution in [0.5, 0.6) is 0 Å². The van der Waals surface area contributed by atoms with Crippen molar-refractivity contribution >= 4 is 16.8 Å². The highest BCUT2D eigenvalue weighted by molar-refractivity contribution is 5.86. The molecule has 0 bridgehead atoms. The molecule has 1 amide bonds. The van der Waals surface area contributed by atoms with Gasteiger partial charge in [0.15, 0.2) is 0 Å². The van der Waals surface area contributed by atoms with Crippen LogP contribution in [0.1, 0.15) is 17.7 Å². The molecule has 88 valence electrons. The van der Waals surface area contributed by atoms with Crippen LogP contribution in [-0.2, 0) is 17.6 Å². The number of carbonyl (C=O) groups is 1. The number of aryl methyl sites for hydroxylation is 1. The monoisotopic (exact) mass is 229 g/mol. The highest BCUT2D eigenvalue weighted by atomic mass is 16.2. The number of rotatable bonds is 1. The Morgan fingerprint density at radius 1 is 1.41 bits per heavy atom. The normalized spacial score (nSPS) is 19.0. The van der Waals surface area contributed by atoms with E-state index in [1.54, 1.807) is 0 Å². The summed E-state index contributed by atoms with van der Waals surface area (Å²) in [5, 5.41) is 1.23. The van der Waals surface area contributed by atoms with Crippen molar-refractivity contribution in [3.63, 3.8) is 0 Å². The molecule has 4 N–H and O–H groups in total. The van der Waals surface area contributed by atoms with E-state index in [4.69, 9.17) is 5.84 Å². The van der Waals surface area contributed by atoms with Crippen molar-refractivity contribution in [2.45, 2.75) is 19.3 Å². The van der Waals surface area contributed by atoms with Crippen LogP contribution in [-0.4, -0.2) is 10.9 Å². The molecule has 17 heavy (non-hydrogen) atoms. The van der Waals surface area contributed by atoms with Gasteiger partial charge < -0.3 is 4.98 Å². The summed E-state index contributed by atoms with van der Waals surface area (Å²) in [7, 11) is 0. The van der Waals surface area contributed by atoms with Crippen LogP contribution in [0.2, 0.25) is 0 Å². The standard InChI is InChI=1S/C13H15N3O/c14-16-13(17)8-5-6-12-10(7-8)9-3-1-2-4-11(9)15-12/h1-4,8,15H,5-7,14H2,(H,16,17). The summed E-state index contributed by atoms with van der Waals surface area (Å²) in [6.45, 7) is 0. The number of H-pyrrole nitrogens is 1. The number of aromatic nitrogens is 1. The molecule has 0 spiro atoms. The molecule has 0 fully saturated rings. The first-order valence-electron chi connectivity index (χ1n) is 5.88. The van der Waals surface area contributed by atoms with E-state index in [9.17, 15) is 4.79 Å². The number of aromatic amines is 1. The number of nitrogens with one attached hydrogen (secondary N) is 2. The smallest absolute Gasteiger partial charge is 0.237 e. The van der Waals surface area contributed by atoms with Gasteiger partial charge in [-0.15, -0.1) is 0 Å². The Hall–Kier alpha value is -1.81. The van der Waals surface area contributed by atoms with E-state index in [0.717, 1.165) is 24.8 Å². The van der Waals surface area contributed by atoms with Crippen LogP contribution in [0.25, 0.3) is 10.9 Å². The Kier molecular flexibility index (Phi) is 2.37. The number of para-hydroxylation sites is 1. The van der Waals surface area contributed by atoms with Crippen LogP contribution in [0.3, 0.4) is 0 Å². The second-order valence-corrected chi connectivity index (χ2v) is 4.58. The molecule has 1 aliphatic carbocycles. The summed E-state index contributed by atoms with van der Waals surface area (Å²) < 4.78 is 0. The van der Waals surface area contributed by atoms with E-state index < -0.39 is 0 Å². The van der Waals surface area contributed by atoms with Gasteiger partial charge in [-0.3, -0.25) is 10.2 Å². The number of hydrogen-bond acceptors (Lipinski definition) is 2. The fourth-order valence-corrected chi connectivity index (χ4v) is 2.71. The lowest BCUT2D eigenvalue weighted by Crippen LogP contribution is -2.38. The number of benzene rings is 1. The first-order chi connectivity index (χ1) is 8.29. The Labute approximate surface area is 99.2 Å². The van der Waals surface area contributed by atoms with Crippen LogP contribution < -0.4 is 11.3 Å². The molecule has 2 aromatic rings. The molecule has 4 heteroatoms. The molecule has 0 saturated heterocycles. The summed E-state index contributed by atoms with van der Waals surface area (Å²) in [4.78, 5) is 15.0. The minimum atomic E-state index is -0.0547. The van der Waals surface area contributed by atoms with E-state index in [-0.39, 0.29) is 11.8 Å². The fraction of sp³-hybridized carbons (Fsp3) is 0.308. The number of fused-ring (bicyclic) bond motifs is 3. The number of amides is 1. The summed E-state index contributed by atoms with van der Waals surface area (Å²) in [6, 6.07) is 8.23. The van der Waals surface area contributed by atoms with Gasteiger partial charge in [0.05, 0.1) is 0 Å². The summed E-state index contributed by atoms with van der Waals surface area (Å²) >= 11 is 0. The third-order valence-electron chi connectivity index (χ3n) is 3.61. The molecule has 1 aromatic heterocycles. The zero-order valence-corrected chi connectivity index (χ0v) is 9.49. The molecule has 1 atom stereocenters. The second kappa shape index (κ2) is 3.89. The number of hydrazine groups is 1. The largest absolute Gasteiger partial charge is 0.358 e. The van der Waals surface area contributed by atoms with Crippen molar-refractivity contribution in [2.75, 3.05) is 0 Å². The molecule has 1 aromatic carbocycles. The Morgan fingerprint density at radius 3 is 3.06 bits per heavy atom. The fourth-order valence-electron chi connectivity index (χ4n) is 2.71. The second-order valence-electron chi connectivity index (χ2n) is 4.58. The lowest BCUT2D eigenvalue weighted by Gasteiger charge is -2.20. The van der Waals surface area contributed by atoms with Crippen molar-refractivity contribution in [1.82, 2.24) is 10.4 Å². The first-order valence-corrected chi connectivity index (χ1v) is 5.88. The zero-order valence-electron chi connectivity index (χ0n) is 9.49. The Balaban J connectivity index is 2.03. The van der Waals surface area contributed by atoms with Crippen molar-refractivity contribution in [1.29, 1.82) is 0 Å². The van der Waals surface area contributed by atoms with Gasteiger partial charge in [-0.2, -0.15) is 0 Å². The molecule has 0 radical (unpaired) electrons. The zero-order chi connectivity index (χ0) is 11.8. The first kappa shape index (κ1) is 10.4. The van der Waals surface area contributed by atoms with E-state index in [2.05, 4.69) is 22.5 Å². The molecule has 1 aliphatic rings. The van der Waals surface area contributed by atoms with Crippen molar-refractivity contribution in [3.05, 3.63) is 35.5 Å². The van der Waals surface area contributed by atoms with Crippen LogP contribution in [0.15, 0.2) is 24.3 Å². The topological polar surface area (TPSA) is 70.9 Å². The highest BCUT2D eigenvalue weighted by Crippen LogP contribution is 2.31. The Morgan fingerprint density at radius 2 is 2.24 bits per heavy atom. The average Bonchev–Trinajstić information content (AvgIpc) is 2.75. The maximum Gasteiger partial charge on any atom is 0.237 e. The van der Waals surface area contributed by atoms with Crippen molar-refractivity contribution < 1.29 is 4.79 Å². The molecule has 4 nitrogen and oxygen atoms in total. The minimum absolute atomic E-state index is 0.00621. The number of carbonyl (C=O) groups excluding carboxylic acids is 1. The molecule has 0 saturated carbocycles. The summed E-state index contributed by atoms with van der Waals surface area (Å²) in [5.41, 5.74) is 5.96. The van der Waals surface area contributed by atoms with Gasteiger partial charge in [0.2, 0.25) is 5.91 Å². The third-order valence-corrected chi connectivity index (χ3v) is 3.61. The van der Waals surface area contributed by atoms with Gasteiger partial charge in [0, 0.05) is 22.5 Å². The predicted octanol–water partition coefficient (Wildman–Crippen LogP) is 1.26. The molecule has 1 unspecified atom stereocenters. The summed E-state index contributed by atoms with van der Waals surface area (Å²) in [5.74, 6) is 5.15. The van der Waals surface area contributed by atoms with Gasteiger partial charge in [-0.1, -0.05) is 18.2 Å². The molecule has 0 aliphatic heterocycles. The quantitative estimate of drug-likeness (QED) is 0.391. The molecule has 1 heterocycles. The maximum atomic E-state index is 11.6. The van der Waals surface area contributed by atoms with Gasteiger partial charge in [0.1, 0.15) is 0 Å². The Bertz CT molecular complexity index is 573. The lowest BCUT2D eigenvalue weighted by molar-refractivity contribution is -0.125. The van der Waals surface area contributed by atoms with Gasteiger partial charge in [-0.25, -0.2) is 5.84 Å². The predicted molar refractivity (Wildman–Crippen MR) is 66.1 cm³/mol. The van der Waals surface area contributed by atoms with Crippen LogP contribution >= 0.6 is 0 Å². The van der Waals surface area contributed by atoms with E-state index in [1.807, 2.05) is 12.1 Å². The highest BCUT2D eigenvalue weighted by Gasteiger charge is 2.26. The third kappa shape index (κ3) is 1.61. The van der Waals surface area contributed by atoms with Gasteiger partial charge in [0.25, 0.3) is 0 Å². The maximum absolute atomic E-state index is 11.6. The van der Waals surface area contributed by atoms with E-state index in [1.165, 1.54) is 16.6 Å². The summed E-state index contributed by atoms with van der Waals surface area (Å²) in [6.07, 6.45) is 2.56. The molecule has 3 rings (SSSR count). The van der Waals surface area contributed by atoms with Crippen LogP contribution in [0, 0.1) is 5.92 Å². The minimum Gasteiger partial charge on any atom is -0.358 e. The SMILES string of the molecule is NNC(=O)C1CCc2[nH]c3ccccc3c2C1. The number of hydrogen-bond donors (Lipinski definition) is 3. The molecular formula is C13H15N3O. The number of nitrogens with two attached hydrogens (primary N) is 1. The van der Waals surface area contributed by atoms with Crippen LogP contribution in [0.4, 0.5) is 0 Å². The van der Waals surface area contributed by atoms with E-state index in [0.29, 0.717) is 0 Å². The average molecular weight is 229 g/mol. The molecular weight excluding hydrogens is 214 g/mol. The van der Waals surface area contributed by atoms with Gasteiger partial charge in [-0.05, 0) is 30.9 Å².